The molecular formula is C12H20N2O3. The van der Waals surface area contributed by atoms with Crippen LogP contribution in [0.3, 0.4) is 0 Å². The lowest BCUT2D eigenvalue weighted by Crippen LogP contribution is -2.46. The number of hydrogen-bond donors (Lipinski definition) is 2. The SMILES string of the molecule is O=C(O)[C@H]1CCCN1C(=O)NCCC1CCC1. The average Bonchev–Trinajstić information content (AvgIpc) is 2.70. The van der Waals surface area contributed by atoms with Crippen LogP contribution in [-0.4, -0.2) is 41.1 Å². The molecule has 1 atom stereocenters. The molecule has 0 bridgehead atoms. The monoisotopic (exact) mass is 240 g/mol. The van der Waals surface area contributed by atoms with Gasteiger partial charge in [0.25, 0.3) is 0 Å². The summed E-state index contributed by atoms with van der Waals surface area (Å²) >= 11 is 0. The molecule has 0 aromatic heterocycles. The number of hydrogen-bond acceptors (Lipinski definition) is 2. The zero-order chi connectivity index (χ0) is 12.3. The van der Waals surface area contributed by atoms with Crippen molar-refractivity contribution in [3.8, 4) is 0 Å². The van der Waals surface area contributed by atoms with Crippen LogP contribution in [0.2, 0.25) is 0 Å². The zero-order valence-corrected chi connectivity index (χ0v) is 10.0. The molecule has 17 heavy (non-hydrogen) atoms. The van der Waals surface area contributed by atoms with E-state index in [1.54, 1.807) is 0 Å². The summed E-state index contributed by atoms with van der Waals surface area (Å²) in [5, 5.41) is 11.8. The molecule has 0 aromatic rings. The smallest absolute Gasteiger partial charge is 0.326 e. The van der Waals surface area contributed by atoms with Gasteiger partial charge >= 0.3 is 12.0 Å². The first-order valence-electron chi connectivity index (χ1n) is 6.46. The molecule has 0 spiro atoms. The number of nitrogens with zero attached hydrogens (tertiary/aromatic N) is 1. The molecule has 1 aliphatic carbocycles. The number of nitrogens with one attached hydrogen (secondary N) is 1. The van der Waals surface area contributed by atoms with Crippen LogP contribution in [0.15, 0.2) is 0 Å². The van der Waals surface area contributed by atoms with Gasteiger partial charge < -0.3 is 15.3 Å². The van der Waals surface area contributed by atoms with Crippen molar-refractivity contribution in [1.82, 2.24) is 10.2 Å². The molecule has 2 rings (SSSR count). The fourth-order valence-electron chi connectivity index (χ4n) is 2.53. The number of carboxylic acid groups (broad SMARTS) is 1. The minimum atomic E-state index is -0.892. The van der Waals surface area contributed by atoms with Crippen LogP contribution >= 0.6 is 0 Å². The van der Waals surface area contributed by atoms with E-state index in [4.69, 9.17) is 5.11 Å². The van der Waals surface area contributed by atoms with E-state index < -0.39 is 12.0 Å². The molecule has 1 saturated carbocycles. The van der Waals surface area contributed by atoms with Crippen LogP contribution < -0.4 is 5.32 Å². The molecular weight excluding hydrogens is 220 g/mol. The molecule has 2 fully saturated rings. The van der Waals surface area contributed by atoms with E-state index >= 15 is 0 Å². The molecule has 2 amide bonds. The van der Waals surface area contributed by atoms with Crippen molar-refractivity contribution in [3.05, 3.63) is 0 Å². The average molecular weight is 240 g/mol. The predicted octanol–water partition coefficient (Wildman–Crippen LogP) is 1.44. The lowest BCUT2D eigenvalue weighted by Gasteiger charge is -2.26. The van der Waals surface area contributed by atoms with E-state index in [2.05, 4.69) is 5.32 Å². The van der Waals surface area contributed by atoms with Crippen molar-refractivity contribution in [3.63, 3.8) is 0 Å². The van der Waals surface area contributed by atoms with E-state index in [-0.39, 0.29) is 6.03 Å². The van der Waals surface area contributed by atoms with Crippen molar-refractivity contribution >= 4 is 12.0 Å². The van der Waals surface area contributed by atoms with E-state index in [1.807, 2.05) is 0 Å². The number of amides is 2. The second kappa shape index (κ2) is 5.38. The van der Waals surface area contributed by atoms with Gasteiger partial charge in [0.1, 0.15) is 6.04 Å². The van der Waals surface area contributed by atoms with E-state index in [9.17, 15) is 9.59 Å². The van der Waals surface area contributed by atoms with E-state index in [0.29, 0.717) is 19.5 Å². The molecule has 1 heterocycles. The quantitative estimate of drug-likeness (QED) is 0.781. The summed E-state index contributed by atoms with van der Waals surface area (Å²) in [4.78, 5) is 24.2. The van der Waals surface area contributed by atoms with Crippen molar-refractivity contribution in [2.45, 2.75) is 44.6 Å². The zero-order valence-electron chi connectivity index (χ0n) is 10.0. The van der Waals surface area contributed by atoms with Crippen molar-refractivity contribution < 1.29 is 14.7 Å². The Morgan fingerprint density at radius 2 is 2.00 bits per heavy atom. The maximum atomic E-state index is 11.8. The topological polar surface area (TPSA) is 69.6 Å². The Labute approximate surface area is 101 Å². The van der Waals surface area contributed by atoms with E-state index in [0.717, 1.165) is 18.8 Å². The fourth-order valence-corrected chi connectivity index (χ4v) is 2.53. The maximum absolute atomic E-state index is 11.8. The number of rotatable bonds is 4. The predicted molar refractivity (Wildman–Crippen MR) is 62.7 cm³/mol. The van der Waals surface area contributed by atoms with Crippen LogP contribution in [0.25, 0.3) is 0 Å². The van der Waals surface area contributed by atoms with Gasteiger partial charge in [-0.2, -0.15) is 0 Å². The molecule has 0 radical (unpaired) electrons. The van der Waals surface area contributed by atoms with Crippen LogP contribution in [0.5, 0.6) is 0 Å². The van der Waals surface area contributed by atoms with Crippen LogP contribution in [0, 0.1) is 5.92 Å². The van der Waals surface area contributed by atoms with Gasteiger partial charge in [0.2, 0.25) is 0 Å². The second-order valence-electron chi connectivity index (χ2n) is 5.01. The van der Waals surface area contributed by atoms with Crippen molar-refractivity contribution in [1.29, 1.82) is 0 Å². The standard InChI is InChI=1S/C12H20N2O3/c15-11(16)10-5-2-8-14(10)12(17)13-7-6-9-3-1-4-9/h9-10H,1-8H2,(H,13,17)(H,15,16)/t10-/m1/s1. The maximum Gasteiger partial charge on any atom is 0.326 e. The Kier molecular flexibility index (Phi) is 3.86. The largest absolute Gasteiger partial charge is 0.480 e. The third kappa shape index (κ3) is 2.90. The molecule has 1 saturated heterocycles. The van der Waals surface area contributed by atoms with Gasteiger partial charge in [0.15, 0.2) is 0 Å². The molecule has 2 N–H and O–H groups in total. The molecule has 0 aromatic carbocycles. The first-order valence-corrected chi connectivity index (χ1v) is 6.46. The van der Waals surface area contributed by atoms with Gasteiger partial charge in [0, 0.05) is 13.1 Å². The number of likely N-dealkylation sites (tertiary alicyclic amines) is 1. The highest BCUT2D eigenvalue weighted by atomic mass is 16.4. The Hall–Kier alpha value is -1.26. The molecule has 0 unspecified atom stereocenters. The van der Waals surface area contributed by atoms with Gasteiger partial charge in [-0.25, -0.2) is 9.59 Å². The normalized spacial score (nSPS) is 24.5. The second-order valence-corrected chi connectivity index (χ2v) is 5.01. The summed E-state index contributed by atoms with van der Waals surface area (Å²) in [6.45, 7) is 1.23. The first kappa shape index (κ1) is 12.2. The van der Waals surface area contributed by atoms with Crippen LogP contribution in [-0.2, 0) is 4.79 Å². The number of carbonyl (C=O) groups is 2. The highest BCUT2D eigenvalue weighted by Gasteiger charge is 2.33. The number of aliphatic carboxylic acids is 1. The molecule has 1 aliphatic heterocycles. The van der Waals surface area contributed by atoms with Crippen LogP contribution in [0.1, 0.15) is 38.5 Å². The number of carboxylic acids is 1. The van der Waals surface area contributed by atoms with Gasteiger partial charge in [-0.15, -0.1) is 0 Å². The van der Waals surface area contributed by atoms with E-state index in [1.165, 1.54) is 24.2 Å². The van der Waals surface area contributed by atoms with Gasteiger partial charge in [-0.1, -0.05) is 19.3 Å². The highest BCUT2D eigenvalue weighted by Crippen LogP contribution is 2.28. The lowest BCUT2D eigenvalue weighted by molar-refractivity contribution is -0.141. The molecule has 5 heteroatoms. The number of urea groups is 1. The summed E-state index contributed by atoms with van der Waals surface area (Å²) in [5.41, 5.74) is 0. The summed E-state index contributed by atoms with van der Waals surface area (Å²) in [7, 11) is 0. The molecule has 5 nitrogen and oxygen atoms in total. The fraction of sp³-hybridized carbons (Fsp3) is 0.833. The Balaban J connectivity index is 1.72. The lowest BCUT2D eigenvalue weighted by atomic mass is 9.83. The van der Waals surface area contributed by atoms with Crippen molar-refractivity contribution in [2.75, 3.05) is 13.1 Å². The molecule has 96 valence electrons. The minimum Gasteiger partial charge on any atom is -0.480 e. The van der Waals surface area contributed by atoms with Gasteiger partial charge in [-0.05, 0) is 25.2 Å². The van der Waals surface area contributed by atoms with Gasteiger partial charge in [0.05, 0.1) is 0 Å². The molecule has 2 aliphatic rings. The Morgan fingerprint density at radius 3 is 2.59 bits per heavy atom. The third-order valence-corrected chi connectivity index (χ3v) is 3.85. The first-order chi connectivity index (χ1) is 8.18. The van der Waals surface area contributed by atoms with Crippen LogP contribution in [0.4, 0.5) is 4.79 Å². The number of carbonyl (C=O) groups excluding carboxylic acids is 1. The van der Waals surface area contributed by atoms with Crippen molar-refractivity contribution in [2.24, 2.45) is 5.92 Å². The summed E-state index contributed by atoms with van der Waals surface area (Å²) in [6, 6.07) is -0.840. The summed E-state index contributed by atoms with van der Waals surface area (Å²) in [6.07, 6.45) is 6.25. The summed E-state index contributed by atoms with van der Waals surface area (Å²) in [5.74, 6) is -0.124. The Bertz CT molecular complexity index is 302. The summed E-state index contributed by atoms with van der Waals surface area (Å²) < 4.78 is 0. The minimum absolute atomic E-state index is 0.214. The Morgan fingerprint density at radius 1 is 1.24 bits per heavy atom. The van der Waals surface area contributed by atoms with Gasteiger partial charge in [-0.3, -0.25) is 0 Å². The third-order valence-electron chi connectivity index (χ3n) is 3.85. The highest BCUT2D eigenvalue weighted by molar-refractivity contribution is 5.83.